The van der Waals surface area contributed by atoms with Gasteiger partial charge in [0.2, 0.25) is 0 Å². The third-order valence-corrected chi connectivity index (χ3v) is 4.91. The second-order valence-corrected chi connectivity index (χ2v) is 6.51. The van der Waals surface area contributed by atoms with Crippen LogP contribution in [0, 0.1) is 0 Å². The highest BCUT2D eigenvalue weighted by molar-refractivity contribution is 7.92. The third-order valence-electron chi connectivity index (χ3n) is 2.75. The summed E-state index contributed by atoms with van der Waals surface area (Å²) in [7, 11) is -2.08. The van der Waals surface area contributed by atoms with Gasteiger partial charge in [0, 0.05) is 5.57 Å². The Hall–Kier alpha value is -1.82. The number of benzene rings is 1. The Balaban J connectivity index is 2.96. The van der Waals surface area contributed by atoms with Crippen LogP contribution in [0.15, 0.2) is 41.3 Å². The Morgan fingerprint density at radius 2 is 1.89 bits per heavy atom. The van der Waals surface area contributed by atoms with Crippen LogP contribution in [-0.2, 0) is 14.6 Å². The fraction of sp³-hybridized carbons (Fsp3) is 0.308. The predicted molar refractivity (Wildman–Crippen MR) is 71.0 cm³/mol. The summed E-state index contributed by atoms with van der Waals surface area (Å²) in [6, 6.07) is 5.97. The van der Waals surface area contributed by atoms with E-state index in [-0.39, 0.29) is 16.9 Å². The van der Waals surface area contributed by atoms with Gasteiger partial charge in [0.1, 0.15) is 5.75 Å². The van der Waals surface area contributed by atoms with Crippen molar-refractivity contribution in [3.05, 3.63) is 36.4 Å². The number of methoxy groups -OCH3 is 1. The maximum absolute atomic E-state index is 12.2. The van der Waals surface area contributed by atoms with Crippen molar-refractivity contribution in [3.8, 4) is 5.75 Å². The quantitative estimate of drug-likeness (QED) is 0.807. The van der Waals surface area contributed by atoms with Crippen molar-refractivity contribution in [1.29, 1.82) is 0 Å². The average Bonchev–Trinajstić information content (AvgIpc) is 2.38. The molecular weight excluding hydrogens is 268 g/mol. The molecule has 0 aliphatic carbocycles. The fourth-order valence-electron chi connectivity index (χ4n) is 1.54. The second kappa shape index (κ2) is 5.88. The van der Waals surface area contributed by atoms with Crippen molar-refractivity contribution in [2.24, 2.45) is 0 Å². The van der Waals surface area contributed by atoms with Crippen LogP contribution in [0.4, 0.5) is 0 Å². The van der Waals surface area contributed by atoms with Crippen molar-refractivity contribution in [1.82, 2.24) is 0 Å². The van der Waals surface area contributed by atoms with Gasteiger partial charge in [-0.2, -0.15) is 0 Å². The molecule has 0 saturated carbocycles. The Morgan fingerprint density at radius 1 is 1.37 bits per heavy atom. The fourth-order valence-corrected chi connectivity index (χ4v) is 2.94. The molecule has 0 radical (unpaired) electrons. The monoisotopic (exact) mass is 284 g/mol. The molecule has 0 bridgehead atoms. The first-order valence-electron chi connectivity index (χ1n) is 5.58. The van der Waals surface area contributed by atoms with E-state index in [0.29, 0.717) is 5.75 Å². The zero-order valence-electron chi connectivity index (χ0n) is 10.8. The normalized spacial score (nSPS) is 12.7. The number of hydrogen-bond acceptors (Lipinski definition) is 4. The number of ether oxygens (including phenoxy) is 1. The van der Waals surface area contributed by atoms with E-state index in [2.05, 4.69) is 6.58 Å². The van der Waals surface area contributed by atoms with Crippen LogP contribution in [0.3, 0.4) is 0 Å². The number of aliphatic carboxylic acids is 1. The molecule has 0 aliphatic heterocycles. The summed E-state index contributed by atoms with van der Waals surface area (Å²) in [6.07, 6.45) is -0.107. The molecule has 0 aromatic heterocycles. The molecule has 1 rings (SSSR count). The van der Waals surface area contributed by atoms with Crippen molar-refractivity contribution in [2.45, 2.75) is 23.5 Å². The van der Waals surface area contributed by atoms with Gasteiger partial charge in [-0.3, -0.25) is 0 Å². The largest absolute Gasteiger partial charge is 0.497 e. The lowest BCUT2D eigenvalue weighted by Gasteiger charge is -2.13. The van der Waals surface area contributed by atoms with Gasteiger partial charge < -0.3 is 9.84 Å². The standard InChI is InChI=1S/C13H16O5S/c1-9(13(14)15)8-10(2)19(16,17)12-6-4-11(18-3)5-7-12/h4-7,10H,1,8H2,2-3H3,(H,14,15). The summed E-state index contributed by atoms with van der Waals surface area (Å²) in [5, 5.41) is 7.88. The third kappa shape index (κ3) is 3.57. The van der Waals surface area contributed by atoms with E-state index < -0.39 is 21.1 Å². The zero-order chi connectivity index (χ0) is 14.6. The van der Waals surface area contributed by atoms with Crippen molar-refractivity contribution in [2.75, 3.05) is 7.11 Å². The van der Waals surface area contributed by atoms with Gasteiger partial charge in [0.15, 0.2) is 9.84 Å². The lowest BCUT2D eigenvalue weighted by atomic mass is 10.2. The highest BCUT2D eigenvalue weighted by atomic mass is 32.2. The second-order valence-electron chi connectivity index (χ2n) is 4.14. The Labute approximate surface area is 112 Å². The minimum absolute atomic E-state index is 0.107. The summed E-state index contributed by atoms with van der Waals surface area (Å²) in [4.78, 5) is 10.8. The Kier molecular flexibility index (Phi) is 4.72. The molecule has 1 aromatic rings. The molecule has 5 nitrogen and oxygen atoms in total. The minimum atomic E-state index is -3.57. The highest BCUT2D eigenvalue weighted by Gasteiger charge is 2.25. The Bertz CT molecular complexity index is 572. The molecule has 1 N–H and O–H groups in total. The van der Waals surface area contributed by atoms with E-state index in [4.69, 9.17) is 9.84 Å². The summed E-state index contributed by atoms with van der Waals surface area (Å²) < 4.78 is 29.4. The van der Waals surface area contributed by atoms with E-state index in [1.165, 1.54) is 26.2 Å². The lowest BCUT2D eigenvalue weighted by Crippen LogP contribution is -2.20. The summed E-state index contributed by atoms with van der Waals surface area (Å²) in [5.74, 6) is -0.627. The van der Waals surface area contributed by atoms with E-state index in [9.17, 15) is 13.2 Å². The zero-order valence-corrected chi connectivity index (χ0v) is 11.6. The van der Waals surface area contributed by atoms with Gasteiger partial charge in [0.05, 0.1) is 17.3 Å². The smallest absolute Gasteiger partial charge is 0.330 e. The van der Waals surface area contributed by atoms with E-state index >= 15 is 0 Å². The first kappa shape index (κ1) is 15.2. The van der Waals surface area contributed by atoms with Gasteiger partial charge in [-0.05, 0) is 37.6 Å². The molecular formula is C13H16O5S. The molecule has 0 fully saturated rings. The molecule has 0 aliphatic rings. The van der Waals surface area contributed by atoms with Crippen molar-refractivity contribution >= 4 is 15.8 Å². The SMILES string of the molecule is C=C(CC(C)S(=O)(=O)c1ccc(OC)cc1)C(=O)O. The topological polar surface area (TPSA) is 80.7 Å². The van der Waals surface area contributed by atoms with Crippen molar-refractivity contribution < 1.29 is 23.1 Å². The van der Waals surface area contributed by atoms with E-state index in [0.717, 1.165) is 0 Å². The molecule has 0 saturated heterocycles. The number of sulfone groups is 1. The van der Waals surface area contributed by atoms with Crippen LogP contribution in [0.2, 0.25) is 0 Å². The molecule has 1 unspecified atom stereocenters. The molecule has 1 aromatic carbocycles. The number of rotatable bonds is 6. The van der Waals surface area contributed by atoms with Gasteiger partial charge in [-0.25, -0.2) is 13.2 Å². The van der Waals surface area contributed by atoms with Crippen LogP contribution in [-0.4, -0.2) is 31.9 Å². The van der Waals surface area contributed by atoms with Crippen LogP contribution in [0.1, 0.15) is 13.3 Å². The van der Waals surface area contributed by atoms with Crippen LogP contribution < -0.4 is 4.74 Å². The Morgan fingerprint density at radius 3 is 2.32 bits per heavy atom. The number of carboxylic acids is 1. The van der Waals surface area contributed by atoms with Gasteiger partial charge in [-0.15, -0.1) is 0 Å². The molecule has 0 amide bonds. The van der Waals surface area contributed by atoms with Gasteiger partial charge in [-0.1, -0.05) is 6.58 Å². The average molecular weight is 284 g/mol. The maximum atomic E-state index is 12.2. The van der Waals surface area contributed by atoms with E-state index in [1.807, 2.05) is 0 Å². The number of hydrogen-bond donors (Lipinski definition) is 1. The summed E-state index contributed by atoms with van der Waals surface area (Å²) >= 11 is 0. The number of carbonyl (C=O) groups is 1. The molecule has 1 atom stereocenters. The van der Waals surface area contributed by atoms with Crippen molar-refractivity contribution in [3.63, 3.8) is 0 Å². The maximum Gasteiger partial charge on any atom is 0.330 e. The molecule has 104 valence electrons. The lowest BCUT2D eigenvalue weighted by molar-refractivity contribution is -0.132. The number of carboxylic acid groups (broad SMARTS) is 1. The first-order valence-corrected chi connectivity index (χ1v) is 7.12. The summed E-state index contributed by atoms with van der Waals surface area (Å²) in [6.45, 7) is 4.81. The molecule has 0 spiro atoms. The first-order chi connectivity index (χ1) is 8.78. The molecule has 6 heteroatoms. The van der Waals surface area contributed by atoms with E-state index in [1.54, 1.807) is 12.1 Å². The van der Waals surface area contributed by atoms with Gasteiger partial charge >= 0.3 is 5.97 Å². The van der Waals surface area contributed by atoms with Crippen LogP contribution >= 0.6 is 0 Å². The van der Waals surface area contributed by atoms with Crippen LogP contribution in [0.25, 0.3) is 0 Å². The highest BCUT2D eigenvalue weighted by Crippen LogP contribution is 2.22. The summed E-state index contributed by atoms with van der Waals surface area (Å²) in [5.41, 5.74) is -0.121. The molecule has 0 heterocycles. The molecule has 19 heavy (non-hydrogen) atoms. The van der Waals surface area contributed by atoms with Crippen LogP contribution in [0.5, 0.6) is 5.75 Å². The predicted octanol–water partition coefficient (Wildman–Crippen LogP) is 1.89. The minimum Gasteiger partial charge on any atom is -0.497 e. The van der Waals surface area contributed by atoms with Gasteiger partial charge in [0.25, 0.3) is 0 Å².